The number of rotatable bonds is 77. The number of hydrogen-bond donors (Lipinski definition) is 7. The molecule has 18 heteroatoms. The summed E-state index contributed by atoms with van der Waals surface area (Å²) in [6, 6.07) is 10.2. The second kappa shape index (κ2) is 72.6. The first-order valence-electron chi connectivity index (χ1n) is 52.1. The fraction of sp³-hybridized carbons (Fsp3) is 0.832. The molecule has 0 amide bonds. The number of phosphoric acid groups is 3. The highest BCUT2D eigenvalue weighted by Gasteiger charge is 2.34. The van der Waals surface area contributed by atoms with E-state index in [1.54, 1.807) is 12.1 Å². The molecule has 0 saturated carbocycles. The zero-order valence-corrected chi connectivity index (χ0v) is 86.7. The second-order valence-corrected chi connectivity index (χ2v) is 45.2. The SMILES string of the molecule is CC(C)(C)c1cc(COP(=O)(O)O)cc(C(C)(C)C)c1O.CCCCCCCCCCCCCCCCCCOP(=O)(OCCCCCCCCCCCCCCCCCC)Oc1cc(C(C)(C)C)c(O)c(C(C)(C)C)c1.CCCCCCCCCCCCCCCCCCc1c(O)ccc(OP(=O)(O)O)c1CCCCCCCCCCCCCCCCCC. The van der Waals surface area contributed by atoms with E-state index in [1.807, 2.05) is 53.7 Å². The molecule has 125 heavy (non-hydrogen) atoms. The summed E-state index contributed by atoms with van der Waals surface area (Å²) < 4.78 is 64.6. The van der Waals surface area contributed by atoms with Crippen molar-refractivity contribution in [2.75, 3.05) is 13.2 Å². The molecule has 0 aliphatic rings. The van der Waals surface area contributed by atoms with Gasteiger partial charge in [-0.25, -0.2) is 13.7 Å². The summed E-state index contributed by atoms with van der Waals surface area (Å²) in [6.07, 6.45) is 85.2. The third-order valence-electron chi connectivity index (χ3n) is 24.7. The maximum atomic E-state index is 14.2. The maximum absolute atomic E-state index is 14.2. The van der Waals surface area contributed by atoms with E-state index in [9.17, 15) is 38.8 Å². The number of aromatic hydroxyl groups is 3. The van der Waals surface area contributed by atoms with Gasteiger partial charge in [-0.2, -0.15) is 0 Å². The molecule has 0 fully saturated rings. The molecule has 3 rings (SSSR count). The molecule has 0 radical (unpaired) electrons. The van der Waals surface area contributed by atoms with Gasteiger partial charge in [0.1, 0.15) is 28.7 Å². The van der Waals surface area contributed by atoms with Crippen LogP contribution in [0.2, 0.25) is 0 Å². The van der Waals surface area contributed by atoms with Gasteiger partial charge in [-0.3, -0.25) is 23.4 Å². The van der Waals surface area contributed by atoms with Crippen LogP contribution in [0.25, 0.3) is 0 Å². The molecule has 732 valence electrons. The van der Waals surface area contributed by atoms with E-state index < -0.39 is 23.5 Å². The van der Waals surface area contributed by atoms with Crippen molar-refractivity contribution in [3.05, 3.63) is 75.3 Å². The van der Waals surface area contributed by atoms with Crippen molar-refractivity contribution in [3.63, 3.8) is 0 Å². The molecule has 0 aromatic heterocycles. The van der Waals surface area contributed by atoms with Gasteiger partial charge in [-0.05, 0) is 113 Å². The monoisotopic (exact) mass is 1820 g/mol. The molecule has 0 heterocycles. The van der Waals surface area contributed by atoms with Crippen LogP contribution in [-0.2, 0) is 68.4 Å². The van der Waals surface area contributed by atoms with Crippen LogP contribution in [0.15, 0.2) is 36.4 Å². The van der Waals surface area contributed by atoms with Crippen LogP contribution in [0.1, 0.15) is 561 Å². The first-order valence-corrected chi connectivity index (χ1v) is 56.6. The van der Waals surface area contributed by atoms with E-state index in [2.05, 4.69) is 73.8 Å². The van der Waals surface area contributed by atoms with Crippen molar-refractivity contribution in [1.29, 1.82) is 0 Å². The van der Waals surface area contributed by atoms with Crippen molar-refractivity contribution in [2.45, 2.75) is 563 Å². The Morgan fingerprint density at radius 3 is 0.720 bits per heavy atom. The summed E-state index contributed by atoms with van der Waals surface area (Å²) in [7, 11) is -13.1. The van der Waals surface area contributed by atoms with E-state index >= 15 is 0 Å². The van der Waals surface area contributed by atoms with Crippen LogP contribution in [0.5, 0.6) is 28.7 Å². The van der Waals surface area contributed by atoms with Crippen molar-refractivity contribution in [2.24, 2.45) is 0 Å². The van der Waals surface area contributed by atoms with Gasteiger partial charge in [-0.1, -0.05) is 496 Å². The Hall–Kier alpha value is -2.93. The number of unbranched alkanes of at least 4 members (excludes halogenated alkanes) is 60. The standard InChI is InChI=1S/C50H95O5P.C42H79O5P.C15H25O5P/c1-9-11-13-15-17-19-21-23-25-27-29-31-33-35-37-39-41-53-56(52,55-45-43-46(49(3,4)5)48(51)47(44-45)50(6,7)8)54-42-40-38-36-34-32-30-28-26-24-22-20-18-16-14-12-10-2;1-3-5-7-9-11-13-15-17-19-21-23-25-27-29-31-33-35-39-40(42(38-37-41(39)43)47-48(44,45)46)36-34-32-30-28-26-24-22-20-18-16-14-12-10-8-6-4-2;1-14(2,3)11-7-10(9-20-21(17,18)19)8-12(13(11)16)15(4,5)6/h43-44,51H,9-42H2,1-8H3;37-38,43H,3-36H2,1-2H3,(H2,44,45,46);7-8,16H,9H2,1-6H3,(H2,17,18,19). The molecular formula is C107H199O15P3. The van der Waals surface area contributed by atoms with Crippen LogP contribution >= 0.6 is 23.5 Å². The van der Waals surface area contributed by atoms with Crippen molar-refractivity contribution < 1.29 is 71.2 Å². The molecule has 0 atom stereocenters. The average Bonchev–Trinajstić information content (AvgIpc) is 0.788. The molecule has 15 nitrogen and oxygen atoms in total. The van der Waals surface area contributed by atoms with Gasteiger partial charge >= 0.3 is 23.5 Å². The third-order valence-corrected chi connectivity index (χ3v) is 27.1. The minimum atomic E-state index is -4.67. The van der Waals surface area contributed by atoms with Crippen LogP contribution < -0.4 is 9.05 Å². The minimum absolute atomic E-state index is 0.198. The highest BCUT2D eigenvalue weighted by molar-refractivity contribution is 7.49. The van der Waals surface area contributed by atoms with Gasteiger partial charge in [-0.15, -0.1) is 0 Å². The topological polar surface area (TPSA) is 239 Å². The Labute approximate surface area is 770 Å². The quantitative estimate of drug-likeness (QED) is 0.0205. The van der Waals surface area contributed by atoms with Gasteiger partial charge in [0.25, 0.3) is 0 Å². The first-order chi connectivity index (χ1) is 59.4. The molecule has 7 N–H and O–H groups in total. The van der Waals surface area contributed by atoms with Gasteiger partial charge < -0.3 is 34.2 Å². The predicted octanol–water partition coefficient (Wildman–Crippen LogP) is 36.1. The average molecular weight is 1820 g/mol. The van der Waals surface area contributed by atoms with Crippen LogP contribution in [0.4, 0.5) is 0 Å². The second-order valence-electron chi connectivity index (χ2n) is 41.2. The third kappa shape index (κ3) is 65.3. The van der Waals surface area contributed by atoms with Gasteiger partial charge in [0.15, 0.2) is 0 Å². The molecule has 0 aliphatic heterocycles. The summed E-state index contributed by atoms with van der Waals surface area (Å²) in [5.41, 5.74) is 4.00. The molecular weight excluding hydrogens is 1620 g/mol. The number of hydrogen-bond acceptors (Lipinski definition) is 11. The lowest BCUT2D eigenvalue weighted by molar-refractivity contribution is 0.150. The minimum Gasteiger partial charge on any atom is -0.508 e. The largest absolute Gasteiger partial charge is 0.530 e. The Morgan fingerprint density at radius 1 is 0.264 bits per heavy atom. The van der Waals surface area contributed by atoms with E-state index in [0.717, 1.165) is 91.2 Å². The highest BCUT2D eigenvalue weighted by Crippen LogP contribution is 2.53. The number of benzene rings is 3. The van der Waals surface area contributed by atoms with Crippen molar-refractivity contribution in [1.82, 2.24) is 0 Å². The normalized spacial score (nSPS) is 12.4. The van der Waals surface area contributed by atoms with E-state index in [4.69, 9.17) is 27.9 Å². The molecule has 3 aromatic rings. The van der Waals surface area contributed by atoms with E-state index in [0.29, 0.717) is 30.9 Å². The highest BCUT2D eigenvalue weighted by atomic mass is 31.2. The van der Waals surface area contributed by atoms with E-state index in [1.165, 1.54) is 372 Å². The fourth-order valence-electron chi connectivity index (χ4n) is 16.9. The summed E-state index contributed by atoms with van der Waals surface area (Å²) >= 11 is 0. The number of phenols is 3. The summed E-state index contributed by atoms with van der Waals surface area (Å²) in [5, 5.41) is 32.5. The van der Waals surface area contributed by atoms with Crippen LogP contribution in [0.3, 0.4) is 0 Å². The van der Waals surface area contributed by atoms with Crippen molar-refractivity contribution >= 4 is 23.5 Å². The fourth-order valence-corrected chi connectivity index (χ4v) is 18.9. The molecule has 0 saturated heterocycles. The van der Waals surface area contributed by atoms with Gasteiger partial charge in [0.2, 0.25) is 0 Å². The Kier molecular flexibility index (Phi) is 69.7. The molecule has 0 aliphatic carbocycles. The van der Waals surface area contributed by atoms with Crippen LogP contribution in [0, 0.1) is 0 Å². The summed E-state index contributed by atoms with van der Waals surface area (Å²) in [4.78, 5) is 36.7. The van der Waals surface area contributed by atoms with Crippen LogP contribution in [-0.4, -0.2) is 48.1 Å². The molecule has 0 spiro atoms. The smallest absolute Gasteiger partial charge is 0.508 e. The van der Waals surface area contributed by atoms with E-state index in [-0.39, 0.29) is 51.3 Å². The number of phosphoric ester groups is 3. The maximum Gasteiger partial charge on any atom is 0.530 e. The number of phenolic OH excluding ortho intramolecular Hbond substituents is 3. The molecule has 0 bridgehead atoms. The lowest BCUT2D eigenvalue weighted by atomic mass is 9.78. The lowest BCUT2D eigenvalue weighted by Gasteiger charge is -2.28. The Balaban J connectivity index is 0.00000102. The zero-order valence-electron chi connectivity index (χ0n) is 84.0. The van der Waals surface area contributed by atoms with Gasteiger partial charge in [0.05, 0.1) is 19.8 Å². The summed E-state index contributed by atoms with van der Waals surface area (Å²) in [5.74, 6) is 1.39. The predicted molar refractivity (Wildman–Crippen MR) is 534 cm³/mol. The first kappa shape index (κ1) is 120. The Bertz CT molecular complexity index is 3110. The van der Waals surface area contributed by atoms with Crippen molar-refractivity contribution in [3.8, 4) is 28.7 Å². The molecule has 3 aromatic carbocycles. The molecule has 0 unspecified atom stereocenters. The zero-order chi connectivity index (χ0) is 93.0. The lowest BCUT2D eigenvalue weighted by Crippen LogP contribution is -2.18. The summed E-state index contributed by atoms with van der Waals surface area (Å²) in [6.45, 7) is 33.9. The van der Waals surface area contributed by atoms with Gasteiger partial charge in [0, 0.05) is 22.3 Å². The Morgan fingerprint density at radius 2 is 0.488 bits per heavy atom.